The summed E-state index contributed by atoms with van der Waals surface area (Å²) >= 11 is 0. The molecule has 0 aliphatic rings. The van der Waals surface area contributed by atoms with Crippen LogP contribution in [0.5, 0.6) is 0 Å². The molecule has 8 nitrogen and oxygen atoms in total. The van der Waals surface area contributed by atoms with Gasteiger partial charge in [-0.25, -0.2) is 9.78 Å². The van der Waals surface area contributed by atoms with Gasteiger partial charge in [0.2, 0.25) is 11.5 Å². The third-order valence-electron chi connectivity index (χ3n) is 4.43. The van der Waals surface area contributed by atoms with Crippen LogP contribution in [0, 0.1) is 6.92 Å². The number of aryl methyl sites for hydroxylation is 1. The van der Waals surface area contributed by atoms with E-state index in [-0.39, 0.29) is 11.5 Å². The summed E-state index contributed by atoms with van der Waals surface area (Å²) in [7, 11) is 0. The lowest BCUT2D eigenvalue weighted by atomic mass is 10.2. The number of nitrogens with zero attached hydrogens (tertiary/aromatic N) is 2. The van der Waals surface area contributed by atoms with Crippen molar-refractivity contribution in [2.45, 2.75) is 20.3 Å². The molecule has 1 amide bonds. The van der Waals surface area contributed by atoms with E-state index in [9.17, 15) is 9.59 Å². The predicted molar refractivity (Wildman–Crippen MR) is 112 cm³/mol. The number of amides is 1. The Kier molecular flexibility index (Phi) is 6.56. The third-order valence-corrected chi connectivity index (χ3v) is 4.43. The fourth-order valence-electron chi connectivity index (χ4n) is 2.99. The number of nitrogens with one attached hydrogen (secondary N) is 3. The van der Waals surface area contributed by atoms with Gasteiger partial charge >= 0.3 is 5.56 Å². The highest BCUT2D eigenvalue weighted by molar-refractivity contribution is 6.01. The molecule has 8 heteroatoms. The van der Waals surface area contributed by atoms with Crippen LogP contribution in [0.1, 0.15) is 29.3 Å². The molecule has 3 aromatic rings. The van der Waals surface area contributed by atoms with E-state index in [4.69, 9.17) is 4.74 Å². The van der Waals surface area contributed by atoms with Crippen LogP contribution in [0.3, 0.4) is 0 Å². The van der Waals surface area contributed by atoms with Crippen molar-refractivity contribution in [1.82, 2.24) is 14.7 Å². The van der Waals surface area contributed by atoms with Gasteiger partial charge in [0, 0.05) is 32.4 Å². The minimum atomic E-state index is -0.319. The first-order valence-corrected chi connectivity index (χ1v) is 9.65. The second-order valence-electron chi connectivity index (χ2n) is 6.65. The molecule has 3 N–H and O–H groups in total. The molecule has 0 atom stereocenters. The molecule has 0 radical (unpaired) electrons. The minimum absolute atomic E-state index is 0.231. The second kappa shape index (κ2) is 9.29. The Morgan fingerprint density at radius 2 is 2.24 bits per heavy atom. The summed E-state index contributed by atoms with van der Waals surface area (Å²) in [4.78, 5) is 33.4. The van der Waals surface area contributed by atoms with E-state index in [0.717, 1.165) is 12.0 Å². The number of aromatic amines is 1. The standard InChI is InChI=1S/C21H25N5O3/c1-4-9-23-20(27)15-12-16-19(25-18(15)22-10-6-11-29-5-2)24-17-8-7-14(3)13-26(17)21(16)28/h4,7-8,12-13H,1,5-6,9-11H2,2-3H3,(H,22,25)(H,23,27)/p+1. The lowest BCUT2D eigenvalue weighted by Gasteiger charge is -2.09. The maximum Gasteiger partial charge on any atom is 0.325 e. The Morgan fingerprint density at radius 3 is 3.00 bits per heavy atom. The van der Waals surface area contributed by atoms with Gasteiger partial charge in [-0.05, 0) is 38.0 Å². The average molecular weight is 396 g/mol. The molecule has 0 fully saturated rings. The van der Waals surface area contributed by atoms with Crippen LogP contribution in [0.4, 0.5) is 5.82 Å². The number of rotatable bonds is 9. The van der Waals surface area contributed by atoms with Crippen LogP contribution in [-0.4, -0.2) is 41.6 Å². The molecule has 0 aromatic carbocycles. The van der Waals surface area contributed by atoms with Crippen LogP contribution in [0.2, 0.25) is 0 Å². The number of ether oxygens (including phenoxy) is 1. The summed E-state index contributed by atoms with van der Waals surface area (Å²) in [5.74, 6) is 0.100. The zero-order valence-electron chi connectivity index (χ0n) is 16.7. The van der Waals surface area contributed by atoms with Crippen LogP contribution in [0.25, 0.3) is 16.7 Å². The van der Waals surface area contributed by atoms with E-state index in [1.165, 1.54) is 4.40 Å². The first-order valence-electron chi connectivity index (χ1n) is 9.65. The third kappa shape index (κ3) is 4.60. The van der Waals surface area contributed by atoms with Gasteiger partial charge in [0.15, 0.2) is 0 Å². The highest BCUT2D eigenvalue weighted by Gasteiger charge is 2.21. The average Bonchev–Trinajstić information content (AvgIpc) is 2.72. The molecule has 152 valence electrons. The summed E-state index contributed by atoms with van der Waals surface area (Å²) < 4.78 is 6.87. The lowest BCUT2D eigenvalue weighted by molar-refractivity contribution is -0.319. The van der Waals surface area contributed by atoms with Crippen molar-refractivity contribution in [2.75, 3.05) is 31.6 Å². The van der Waals surface area contributed by atoms with E-state index in [0.29, 0.717) is 54.4 Å². The Labute approximate surface area is 168 Å². The molecular weight excluding hydrogens is 370 g/mol. The van der Waals surface area contributed by atoms with Crippen molar-refractivity contribution >= 4 is 28.4 Å². The molecule has 0 spiro atoms. The van der Waals surface area contributed by atoms with E-state index in [2.05, 4.69) is 27.2 Å². The first-order chi connectivity index (χ1) is 14.0. The maximum absolute atomic E-state index is 13.0. The van der Waals surface area contributed by atoms with Gasteiger partial charge in [-0.2, -0.15) is 4.40 Å². The number of pyridine rings is 2. The number of hydrogen-bond donors (Lipinski definition) is 2. The quantitative estimate of drug-likeness (QED) is 0.326. The summed E-state index contributed by atoms with van der Waals surface area (Å²) in [5.41, 5.74) is 2.09. The first kappa shape index (κ1) is 20.5. The van der Waals surface area contributed by atoms with Gasteiger partial charge in [-0.15, -0.1) is 6.58 Å². The smallest absolute Gasteiger partial charge is 0.325 e. The van der Waals surface area contributed by atoms with Crippen LogP contribution in [0.15, 0.2) is 41.8 Å². The Hall–Kier alpha value is -3.26. The molecule has 3 heterocycles. The van der Waals surface area contributed by atoms with E-state index in [1.807, 2.05) is 26.0 Å². The molecule has 0 saturated heterocycles. The molecule has 29 heavy (non-hydrogen) atoms. The van der Waals surface area contributed by atoms with E-state index < -0.39 is 0 Å². The van der Waals surface area contributed by atoms with Gasteiger partial charge in [0.05, 0.1) is 6.20 Å². The monoisotopic (exact) mass is 396 g/mol. The number of H-pyrrole nitrogens is 1. The number of anilines is 1. The summed E-state index contributed by atoms with van der Waals surface area (Å²) in [6, 6.07) is 5.33. The van der Waals surface area contributed by atoms with Crippen LogP contribution in [-0.2, 0) is 4.74 Å². The molecule has 0 aliphatic carbocycles. The fourth-order valence-corrected chi connectivity index (χ4v) is 2.99. The number of aromatic nitrogens is 3. The van der Waals surface area contributed by atoms with Crippen molar-refractivity contribution < 1.29 is 14.5 Å². The van der Waals surface area contributed by atoms with E-state index >= 15 is 0 Å². The van der Waals surface area contributed by atoms with Crippen molar-refractivity contribution in [1.29, 1.82) is 0 Å². The van der Waals surface area contributed by atoms with Crippen molar-refractivity contribution in [3.8, 4) is 0 Å². The Morgan fingerprint density at radius 1 is 1.41 bits per heavy atom. The molecule has 0 saturated carbocycles. The zero-order valence-corrected chi connectivity index (χ0v) is 16.7. The molecule has 0 unspecified atom stereocenters. The molecular formula is C21H26N5O3+. The summed E-state index contributed by atoms with van der Waals surface area (Å²) in [6.45, 7) is 9.67. The van der Waals surface area contributed by atoms with Crippen molar-refractivity contribution in [2.24, 2.45) is 0 Å². The second-order valence-corrected chi connectivity index (χ2v) is 6.65. The van der Waals surface area contributed by atoms with Gasteiger partial charge in [0.25, 0.3) is 11.6 Å². The van der Waals surface area contributed by atoms with Crippen molar-refractivity contribution in [3.63, 3.8) is 0 Å². The Bertz CT molecular complexity index is 1110. The van der Waals surface area contributed by atoms with Crippen molar-refractivity contribution in [3.05, 3.63) is 58.5 Å². The largest absolute Gasteiger partial charge is 0.382 e. The minimum Gasteiger partial charge on any atom is -0.382 e. The Balaban J connectivity index is 2.06. The van der Waals surface area contributed by atoms with Gasteiger partial charge in [0.1, 0.15) is 10.9 Å². The summed E-state index contributed by atoms with van der Waals surface area (Å²) in [5, 5.41) is 6.29. The topological polar surface area (TPSA) is 98.9 Å². The number of hydrogen-bond acceptors (Lipinski definition) is 5. The summed E-state index contributed by atoms with van der Waals surface area (Å²) in [6.07, 6.45) is 4.12. The molecule has 0 aliphatic heterocycles. The van der Waals surface area contributed by atoms with Gasteiger partial charge in [-0.1, -0.05) is 11.1 Å². The predicted octanol–water partition coefficient (Wildman–Crippen LogP) is 1.72. The number of fused-ring (bicyclic) bond motifs is 2. The highest BCUT2D eigenvalue weighted by atomic mass is 16.5. The SMILES string of the molecule is C=CCNC(=O)c1cc2c(=O)n3cc(C)ccc3[nH+]c2nc1NCCCOCC. The maximum atomic E-state index is 13.0. The zero-order chi connectivity index (χ0) is 20.8. The van der Waals surface area contributed by atoms with E-state index in [1.54, 1.807) is 18.3 Å². The number of carbonyl (C=O) groups excluding carboxylic acids is 1. The lowest BCUT2D eigenvalue weighted by Crippen LogP contribution is -2.28. The van der Waals surface area contributed by atoms with Gasteiger partial charge < -0.3 is 15.4 Å². The fraction of sp³-hybridized carbons (Fsp3) is 0.333. The highest BCUT2D eigenvalue weighted by Crippen LogP contribution is 2.17. The molecule has 0 bridgehead atoms. The van der Waals surface area contributed by atoms with Gasteiger partial charge in [-0.3, -0.25) is 4.79 Å². The van der Waals surface area contributed by atoms with Crippen LogP contribution >= 0.6 is 0 Å². The molecule has 3 aromatic heterocycles. The normalized spacial score (nSPS) is 11.0. The number of carbonyl (C=O) groups is 1. The van der Waals surface area contributed by atoms with Crippen LogP contribution < -0.4 is 21.2 Å². The molecule has 3 rings (SSSR count).